The molecule has 0 saturated carbocycles. The Hall–Kier alpha value is -2.98. The number of sulfone groups is 1. The monoisotopic (exact) mass is 461 g/mol. The van der Waals surface area contributed by atoms with E-state index in [0.29, 0.717) is 16.7 Å². The van der Waals surface area contributed by atoms with Crippen LogP contribution < -0.4 is 0 Å². The third kappa shape index (κ3) is 4.26. The maximum Gasteiger partial charge on any atom is 0.341 e. The molecule has 4 aromatic rings. The van der Waals surface area contributed by atoms with E-state index in [1.165, 1.54) is 36.0 Å². The zero-order valence-electron chi connectivity index (χ0n) is 16.3. The van der Waals surface area contributed by atoms with Gasteiger partial charge in [0.25, 0.3) is 0 Å². The van der Waals surface area contributed by atoms with Crippen molar-refractivity contribution >= 4 is 21.6 Å². The van der Waals surface area contributed by atoms with Crippen molar-refractivity contribution in [1.82, 2.24) is 14.8 Å². The van der Waals surface area contributed by atoms with Crippen LogP contribution in [-0.2, 0) is 15.6 Å². The molecule has 0 fully saturated rings. The van der Waals surface area contributed by atoms with E-state index in [2.05, 4.69) is 10.2 Å². The van der Waals surface area contributed by atoms with Gasteiger partial charge in [-0.25, -0.2) is 8.42 Å². The van der Waals surface area contributed by atoms with Crippen molar-refractivity contribution in [3.05, 3.63) is 78.3 Å². The molecule has 0 unspecified atom stereocenters. The quantitative estimate of drug-likeness (QED) is 0.355. The zero-order valence-corrected chi connectivity index (χ0v) is 17.9. The Morgan fingerprint density at radius 2 is 1.74 bits per heavy atom. The molecule has 6 nitrogen and oxygen atoms in total. The molecule has 0 saturated heterocycles. The summed E-state index contributed by atoms with van der Waals surface area (Å²) in [5, 5.41) is 9.30. The van der Waals surface area contributed by atoms with Gasteiger partial charge in [-0.3, -0.25) is 4.57 Å². The van der Waals surface area contributed by atoms with Gasteiger partial charge >= 0.3 is 5.76 Å². The average Bonchev–Trinajstić information content (AvgIpc) is 3.38. The first-order valence-electron chi connectivity index (χ1n) is 9.17. The van der Waals surface area contributed by atoms with E-state index in [9.17, 15) is 17.2 Å². The molecule has 0 aliphatic rings. The van der Waals surface area contributed by atoms with Gasteiger partial charge in [-0.05, 0) is 42.8 Å². The summed E-state index contributed by atoms with van der Waals surface area (Å²) in [4.78, 5) is -0.401. The van der Waals surface area contributed by atoms with E-state index >= 15 is 0 Å². The van der Waals surface area contributed by atoms with E-state index < -0.39 is 20.5 Å². The Morgan fingerprint density at radius 1 is 1.03 bits per heavy atom. The van der Waals surface area contributed by atoms with E-state index in [0.717, 1.165) is 22.6 Å². The van der Waals surface area contributed by atoms with Crippen molar-refractivity contribution in [2.75, 3.05) is 0 Å². The maximum atomic E-state index is 12.7. The first kappa shape index (κ1) is 21.3. The minimum atomic E-state index is -4.60. The summed E-state index contributed by atoms with van der Waals surface area (Å²) in [5.74, 6) is -1.64. The molecule has 2 aromatic heterocycles. The highest BCUT2D eigenvalue weighted by Gasteiger charge is 2.26. The molecule has 10 heteroatoms. The molecule has 0 aliphatic heterocycles. The molecule has 2 heterocycles. The lowest BCUT2D eigenvalue weighted by molar-refractivity contribution is 0.234. The number of benzene rings is 2. The summed E-state index contributed by atoms with van der Waals surface area (Å²) >= 11 is 1.40. The molecule has 31 heavy (non-hydrogen) atoms. The summed E-state index contributed by atoms with van der Waals surface area (Å²) in [6, 6.07) is 16.9. The second-order valence-corrected chi connectivity index (χ2v) is 9.47. The molecule has 160 valence electrons. The van der Waals surface area contributed by atoms with Crippen LogP contribution in [0.2, 0.25) is 0 Å². The molecule has 0 amide bonds. The smallest absolute Gasteiger partial charge is 0.341 e. The van der Waals surface area contributed by atoms with Crippen LogP contribution in [0.3, 0.4) is 0 Å². The molecule has 2 aromatic carbocycles. The lowest BCUT2D eigenvalue weighted by atomic mass is 10.2. The number of aryl methyl sites for hydroxylation is 1. The molecular weight excluding hydrogens is 444 g/mol. The van der Waals surface area contributed by atoms with Crippen molar-refractivity contribution in [3.8, 4) is 17.1 Å². The SMILES string of the molecule is Cc1occc1-c1nnc(SCc2ccc(S(=O)(=O)C(F)F)cc2)n1-c1ccccc1. The van der Waals surface area contributed by atoms with Crippen LogP contribution in [0.1, 0.15) is 11.3 Å². The number of nitrogens with zero attached hydrogens (tertiary/aromatic N) is 3. The van der Waals surface area contributed by atoms with E-state index in [1.54, 1.807) is 6.26 Å². The lowest BCUT2D eigenvalue weighted by Gasteiger charge is -2.10. The van der Waals surface area contributed by atoms with Crippen LogP contribution in [0.25, 0.3) is 17.1 Å². The van der Waals surface area contributed by atoms with Crippen molar-refractivity contribution < 1.29 is 21.6 Å². The number of thioether (sulfide) groups is 1. The second-order valence-electron chi connectivity index (χ2n) is 6.61. The van der Waals surface area contributed by atoms with Gasteiger partial charge in [0, 0.05) is 11.4 Å². The van der Waals surface area contributed by atoms with Gasteiger partial charge in [0.05, 0.1) is 16.7 Å². The average molecular weight is 462 g/mol. The summed E-state index contributed by atoms with van der Waals surface area (Å²) < 4.78 is 55.9. The van der Waals surface area contributed by atoms with Crippen LogP contribution in [0, 0.1) is 6.92 Å². The largest absolute Gasteiger partial charge is 0.469 e. The minimum Gasteiger partial charge on any atom is -0.469 e. The molecule has 4 rings (SSSR count). The van der Waals surface area contributed by atoms with Crippen LogP contribution in [0.4, 0.5) is 8.78 Å². The van der Waals surface area contributed by atoms with Gasteiger partial charge in [-0.15, -0.1) is 10.2 Å². The summed E-state index contributed by atoms with van der Waals surface area (Å²) in [6.07, 6.45) is 1.59. The van der Waals surface area contributed by atoms with Crippen LogP contribution in [0.5, 0.6) is 0 Å². The first-order chi connectivity index (χ1) is 14.9. The number of hydrogen-bond donors (Lipinski definition) is 0. The molecule has 0 bridgehead atoms. The molecular formula is C21H17F2N3O3S2. The number of para-hydroxylation sites is 1. The normalized spacial score (nSPS) is 11.9. The Kier molecular flexibility index (Phi) is 5.92. The van der Waals surface area contributed by atoms with Gasteiger partial charge in [0.2, 0.25) is 9.84 Å². The lowest BCUT2D eigenvalue weighted by Crippen LogP contribution is -2.11. The fourth-order valence-corrected chi connectivity index (χ4v) is 4.62. The molecule has 0 aliphatic carbocycles. The highest BCUT2D eigenvalue weighted by molar-refractivity contribution is 7.98. The number of aromatic nitrogens is 3. The fraction of sp³-hybridized carbons (Fsp3) is 0.143. The molecule has 0 N–H and O–H groups in total. The van der Waals surface area contributed by atoms with E-state index in [4.69, 9.17) is 4.42 Å². The van der Waals surface area contributed by atoms with Crippen molar-refractivity contribution in [1.29, 1.82) is 0 Å². The predicted molar refractivity (Wildman–Crippen MR) is 113 cm³/mol. The van der Waals surface area contributed by atoms with Gasteiger partial charge in [0.15, 0.2) is 11.0 Å². The number of rotatable bonds is 7. The Morgan fingerprint density at radius 3 is 2.35 bits per heavy atom. The first-order valence-corrected chi connectivity index (χ1v) is 11.7. The maximum absolute atomic E-state index is 12.7. The van der Waals surface area contributed by atoms with Crippen LogP contribution >= 0.6 is 11.8 Å². The topological polar surface area (TPSA) is 78.0 Å². The molecule has 0 atom stereocenters. The second kappa shape index (κ2) is 8.64. The minimum absolute atomic E-state index is 0.401. The Balaban J connectivity index is 1.62. The standard InChI is InChI=1S/C21H17F2N3O3S2/c1-14-18(11-12-29-14)19-24-25-21(26(19)16-5-3-2-4-6-16)30-13-15-7-9-17(10-8-15)31(27,28)20(22)23/h2-12,20H,13H2,1H3. The van der Waals surface area contributed by atoms with Gasteiger partial charge < -0.3 is 4.42 Å². The van der Waals surface area contributed by atoms with Gasteiger partial charge in [-0.2, -0.15) is 8.78 Å². The highest BCUT2D eigenvalue weighted by Crippen LogP contribution is 2.31. The predicted octanol–water partition coefficient (Wildman–Crippen LogP) is 5.12. The van der Waals surface area contributed by atoms with Crippen LogP contribution in [-0.4, -0.2) is 28.9 Å². The van der Waals surface area contributed by atoms with E-state index in [1.807, 2.05) is 47.9 Å². The van der Waals surface area contributed by atoms with E-state index in [-0.39, 0.29) is 0 Å². The molecule has 0 spiro atoms. The van der Waals surface area contributed by atoms with Crippen molar-refractivity contribution in [2.24, 2.45) is 0 Å². The third-order valence-electron chi connectivity index (χ3n) is 4.60. The zero-order chi connectivity index (χ0) is 22.0. The van der Waals surface area contributed by atoms with Crippen molar-refractivity contribution in [3.63, 3.8) is 0 Å². The summed E-state index contributed by atoms with van der Waals surface area (Å²) in [7, 11) is -4.60. The third-order valence-corrected chi connectivity index (χ3v) is 7.00. The number of alkyl halides is 2. The Bertz CT molecular complexity index is 1290. The van der Waals surface area contributed by atoms with Crippen molar-refractivity contribution in [2.45, 2.75) is 28.5 Å². The highest BCUT2D eigenvalue weighted by atomic mass is 32.2. The Labute approximate surface area is 181 Å². The fourth-order valence-electron chi connectivity index (χ4n) is 2.99. The summed E-state index contributed by atoms with van der Waals surface area (Å²) in [6.45, 7) is 1.85. The van der Waals surface area contributed by atoms with Gasteiger partial charge in [0.1, 0.15) is 5.76 Å². The molecule has 0 radical (unpaired) electrons. The number of halogens is 2. The van der Waals surface area contributed by atoms with Gasteiger partial charge in [-0.1, -0.05) is 42.1 Å². The number of furan rings is 1. The number of hydrogen-bond acceptors (Lipinski definition) is 6. The van der Waals surface area contributed by atoms with Crippen LogP contribution in [0.15, 0.2) is 81.4 Å². The summed E-state index contributed by atoms with van der Waals surface area (Å²) in [5.41, 5.74) is 2.47.